The zero-order valence-corrected chi connectivity index (χ0v) is 16.0. The van der Waals surface area contributed by atoms with Gasteiger partial charge in [0.25, 0.3) is 0 Å². The highest BCUT2D eigenvalue weighted by Gasteiger charge is 2.29. The highest BCUT2D eigenvalue weighted by atomic mass is 35.5. The summed E-state index contributed by atoms with van der Waals surface area (Å²) < 4.78 is 10.8. The number of amides is 1. The second kappa shape index (κ2) is 9.15. The van der Waals surface area contributed by atoms with Gasteiger partial charge in [-0.15, -0.1) is 12.4 Å². The van der Waals surface area contributed by atoms with Crippen molar-refractivity contribution in [3.05, 3.63) is 11.7 Å². The molecule has 3 fully saturated rings. The molecule has 0 unspecified atom stereocenters. The first-order valence-corrected chi connectivity index (χ1v) is 9.71. The van der Waals surface area contributed by atoms with Crippen molar-refractivity contribution in [3.8, 4) is 0 Å². The van der Waals surface area contributed by atoms with Crippen molar-refractivity contribution in [2.75, 3.05) is 26.3 Å². The van der Waals surface area contributed by atoms with E-state index in [1.165, 1.54) is 6.42 Å². The molecule has 0 aromatic carbocycles. The molecule has 2 aliphatic heterocycles. The van der Waals surface area contributed by atoms with Crippen molar-refractivity contribution < 1.29 is 14.1 Å². The Balaban J connectivity index is 0.00000196. The van der Waals surface area contributed by atoms with Crippen LogP contribution in [0.2, 0.25) is 0 Å². The molecule has 146 valence electrons. The van der Waals surface area contributed by atoms with Crippen LogP contribution in [0.3, 0.4) is 0 Å². The third-order valence-corrected chi connectivity index (χ3v) is 5.83. The van der Waals surface area contributed by atoms with Crippen LogP contribution in [-0.4, -0.2) is 53.3 Å². The predicted octanol–water partition coefficient (Wildman–Crippen LogP) is 2.27. The zero-order valence-electron chi connectivity index (χ0n) is 15.2. The summed E-state index contributed by atoms with van der Waals surface area (Å²) in [6, 6.07) is 0.326. The van der Waals surface area contributed by atoms with Gasteiger partial charge >= 0.3 is 0 Å². The maximum atomic E-state index is 12.1. The molecular formula is C18H29ClN4O3. The molecule has 0 bridgehead atoms. The Morgan fingerprint density at radius 1 is 1.12 bits per heavy atom. The first-order valence-electron chi connectivity index (χ1n) is 9.71. The Labute approximate surface area is 160 Å². The van der Waals surface area contributed by atoms with Crippen LogP contribution >= 0.6 is 12.4 Å². The Hall–Kier alpha value is -1.18. The van der Waals surface area contributed by atoms with Crippen LogP contribution in [0.25, 0.3) is 0 Å². The second-order valence-electron chi connectivity index (χ2n) is 7.62. The minimum absolute atomic E-state index is 0. The molecule has 1 amide bonds. The molecule has 7 nitrogen and oxygen atoms in total. The Kier molecular flexibility index (Phi) is 6.89. The molecule has 1 aromatic heterocycles. The van der Waals surface area contributed by atoms with Gasteiger partial charge in [0.05, 0.1) is 6.54 Å². The van der Waals surface area contributed by atoms with Crippen LogP contribution in [0.4, 0.5) is 0 Å². The molecular weight excluding hydrogens is 356 g/mol. The van der Waals surface area contributed by atoms with Gasteiger partial charge in [-0.05, 0) is 38.5 Å². The highest BCUT2D eigenvalue weighted by Crippen LogP contribution is 2.27. The largest absolute Gasteiger partial charge is 0.381 e. The van der Waals surface area contributed by atoms with Crippen LogP contribution in [-0.2, 0) is 16.1 Å². The minimum Gasteiger partial charge on any atom is -0.381 e. The first-order chi connectivity index (χ1) is 12.3. The van der Waals surface area contributed by atoms with Crippen molar-refractivity contribution >= 4 is 18.3 Å². The molecule has 3 heterocycles. The number of nitrogens with one attached hydrogen (secondary N) is 1. The van der Waals surface area contributed by atoms with Crippen molar-refractivity contribution in [1.29, 1.82) is 0 Å². The van der Waals surface area contributed by atoms with Gasteiger partial charge in [-0.2, -0.15) is 4.98 Å². The molecule has 0 atom stereocenters. The summed E-state index contributed by atoms with van der Waals surface area (Å²) in [5, 5.41) is 7.38. The smallest absolute Gasteiger partial charge is 0.229 e. The maximum absolute atomic E-state index is 12.1. The third kappa shape index (κ3) is 4.75. The van der Waals surface area contributed by atoms with Gasteiger partial charge < -0.3 is 14.6 Å². The molecule has 0 spiro atoms. The summed E-state index contributed by atoms with van der Waals surface area (Å²) in [5.41, 5.74) is 0. The van der Waals surface area contributed by atoms with E-state index in [2.05, 4.69) is 20.4 Å². The van der Waals surface area contributed by atoms with Crippen molar-refractivity contribution in [3.63, 3.8) is 0 Å². The van der Waals surface area contributed by atoms with Crippen LogP contribution in [0.15, 0.2) is 4.52 Å². The van der Waals surface area contributed by atoms with Crippen molar-refractivity contribution in [1.82, 2.24) is 20.4 Å². The lowest BCUT2D eigenvalue weighted by Gasteiger charge is -2.33. The summed E-state index contributed by atoms with van der Waals surface area (Å²) in [5.74, 6) is 2.44. The number of piperidine rings is 1. The summed E-state index contributed by atoms with van der Waals surface area (Å²) in [4.78, 5) is 19.0. The number of rotatable bonds is 5. The van der Waals surface area contributed by atoms with E-state index in [-0.39, 0.29) is 24.2 Å². The van der Waals surface area contributed by atoms with Gasteiger partial charge in [0.2, 0.25) is 11.8 Å². The molecule has 1 aliphatic carbocycles. The molecule has 8 heteroatoms. The SMILES string of the molecule is Cl.O=C(NC1CCN(Cc2noc(C3CCOCC3)n2)CC1)C1CCC1. The first kappa shape index (κ1) is 19.6. The van der Waals surface area contributed by atoms with Crippen LogP contribution in [0, 0.1) is 5.92 Å². The van der Waals surface area contributed by atoms with Gasteiger partial charge in [0.1, 0.15) is 0 Å². The fourth-order valence-corrected chi connectivity index (χ4v) is 3.87. The number of aromatic nitrogens is 2. The quantitative estimate of drug-likeness (QED) is 0.838. The number of halogens is 1. The number of ether oxygens (including phenoxy) is 1. The molecule has 1 aromatic rings. The van der Waals surface area contributed by atoms with Crippen LogP contribution < -0.4 is 5.32 Å². The monoisotopic (exact) mass is 384 g/mol. The van der Waals surface area contributed by atoms with Gasteiger partial charge in [-0.25, -0.2) is 0 Å². The molecule has 2 saturated heterocycles. The highest BCUT2D eigenvalue weighted by molar-refractivity contribution is 5.85. The van der Waals surface area contributed by atoms with Gasteiger partial charge in [0, 0.05) is 44.2 Å². The van der Waals surface area contributed by atoms with E-state index in [1.807, 2.05) is 0 Å². The topological polar surface area (TPSA) is 80.5 Å². The summed E-state index contributed by atoms with van der Waals surface area (Å²) in [6.07, 6.45) is 7.28. The lowest BCUT2D eigenvalue weighted by Crippen LogP contribution is -2.47. The number of carbonyl (C=O) groups excluding carboxylic acids is 1. The van der Waals surface area contributed by atoms with Gasteiger partial charge in [-0.3, -0.25) is 9.69 Å². The lowest BCUT2D eigenvalue weighted by atomic mass is 9.84. The number of hydrogen-bond donors (Lipinski definition) is 1. The zero-order chi connectivity index (χ0) is 17.1. The lowest BCUT2D eigenvalue weighted by molar-refractivity contribution is -0.128. The van der Waals surface area contributed by atoms with E-state index in [9.17, 15) is 4.79 Å². The second-order valence-corrected chi connectivity index (χ2v) is 7.62. The van der Waals surface area contributed by atoms with Crippen molar-refractivity contribution in [2.24, 2.45) is 5.92 Å². The molecule has 1 saturated carbocycles. The Morgan fingerprint density at radius 2 is 1.85 bits per heavy atom. The average Bonchev–Trinajstić information content (AvgIpc) is 3.04. The fourth-order valence-electron chi connectivity index (χ4n) is 3.87. The molecule has 1 N–H and O–H groups in total. The standard InChI is InChI=1S/C18H28N4O3.ClH/c23-17(13-2-1-3-13)19-15-4-8-22(9-5-15)12-16-20-18(25-21-16)14-6-10-24-11-7-14;/h13-15H,1-12H2,(H,19,23);1H. The van der Waals surface area contributed by atoms with Crippen LogP contribution in [0.1, 0.15) is 62.6 Å². The van der Waals surface area contributed by atoms with E-state index >= 15 is 0 Å². The predicted molar refractivity (Wildman–Crippen MR) is 98.1 cm³/mol. The number of carbonyl (C=O) groups is 1. The van der Waals surface area contributed by atoms with E-state index in [0.29, 0.717) is 12.0 Å². The third-order valence-electron chi connectivity index (χ3n) is 5.83. The number of nitrogens with zero attached hydrogens (tertiary/aromatic N) is 3. The molecule has 26 heavy (non-hydrogen) atoms. The van der Waals surface area contributed by atoms with E-state index in [4.69, 9.17) is 9.26 Å². The van der Waals surface area contributed by atoms with E-state index < -0.39 is 0 Å². The van der Waals surface area contributed by atoms with E-state index in [0.717, 1.165) is 83.1 Å². The molecule has 3 aliphatic rings. The summed E-state index contributed by atoms with van der Waals surface area (Å²) >= 11 is 0. The van der Waals surface area contributed by atoms with Gasteiger partial charge in [-0.1, -0.05) is 11.6 Å². The average molecular weight is 385 g/mol. The fraction of sp³-hybridized carbons (Fsp3) is 0.833. The molecule has 4 rings (SSSR count). The van der Waals surface area contributed by atoms with Crippen molar-refractivity contribution in [2.45, 2.75) is 63.5 Å². The minimum atomic E-state index is 0. The van der Waals surface area contributed by atoms with Gasteiger partial charge in [0.15, 0.2) is 5.82 Å². The summed E-state index contributed by atoms with van der Waals surface area (Å²) in [7, 11) is 0. The maximum Gasteiger partial charge on any atom is 0.229 e. The summed E-state index contributed by atoms with van der Waals surface area (Å²) in [6.45, 7) is 4.23. The molecule has 0 radical (unpaired) electrons. The number of likely N-dealkylation sites (tertiary alicyclic amines) is 1. The Morgan fingerprint density at radius 3 is 2.50 bits per heavy atom. The normalized spacial score (nSPS) is 23.2. The number of hydrogen-bond acceptors (Lipinski definition) is 6. The Bertz CT molecular complexity index is 579. The van der Waals surface area contributed by atoms with Crippen LogP contribution in [0.5, 0.6) is 0 Å². The van der Waals surface area contributed by atoms with E-state index in [1.54, 1.807) is 0 Å².